The molecule has 1 heterocycles. The number of fused-ring (bicyclic) bond motifs is 3. The number of aromatic nitrogens is 1. The lowest BCUT2D eigenvalue weighted by Crippen LogP contribution is -2.52. The van der Waals surface area contributed by atoms with Crippen molar-refractivity contribution in [3.8, 4) is 0 Å². The van der Waals surface area contributed by atoms with Gasteiger partial charge in [0.2, 0.25) is 0 Å². The number of hydrogen-bond acceptors (Lipinski definition) is 1. The van der Waals surface area contributed by atoms with E-state index in [4.69, 9.17) is 27.6 Å². The first-order valence-electron chi connectivity index (χ1n) is 8.33. The van der Waals surface area contributed by atoms with Crippen molar-refractivity contribution in [3.05, 3.63) is 39.5 Å². The fourth-order valence-corrected chi connectivity index (χ4v) is 5.60. The maximum atomic E-state index is 14.3. The second kappa shape index (κ2) is 6.29. The van der Waals surface area contributed by atoms with E-state index in [1.54, 1.807) is 25.7 Å². The second-order valence-corrected chi connectivity index (χ2v) is 12.8. The molecule has 1 atom stereocenters. The Hall–Kier alpha value is -0.953. The van der Waals surface area contributed by atoms with E-state index in [-0.39, 0.29) is 17.1 Å². The van der Waals surface area contributed by atoms with Gasteiger partial charge in [0.15, 0.2) is 13.9 Å². The molecule has 1 N–H and O–H groups in total. The molecule has 0 bridgehead atoms. The zero-order valence-corrected chi connectivity index (χ0v) is 17.3. The van der Waals surface area contributed by atoms with Crippen LogP contribution in [0.2, 0.25) is 29.7 Å². The molecule has 3 rings (SSSR count). The van der Waals surface area contributed by atoms with Gasteiger partial charge in [0.25, 0.3) is 0 Å². The largest absolute Gasteiger partial charge is 0.422 e. The van der Waals surface area contributed by atoms with Crippen molar-refractivity contribution >= 4 is 48.5 Å². The number of halogens is 5. The molecule has 1 aliphatic carbocycles. The highest BCUT2D eigenvalue weighted by Crippen LogP contribution is 2.53. The Bertz CT molecular complexity index is 885. The van der Waals surface area contributed by atoms with Gasteiger partial charge in [0.05, 0.1) is 15.7 Å². The van der Waals surface area contributed by atoms with Gasteiger partial charge < -0.3 is 9.41 Å². The Kier molecular flexibility index (Phi) is 4.79. The highest BCUT2D eigenvalue weighted by Gasteiger charge is 2.61. The molecule has 0 spiro atoms. The van der Waals surface area contributed by atoms with E-state index in [1.807, 2.05) is 0 Å². The molecule has 0 aliphatic heterocycles. The van der Waals surface area contributed by atoms with Crippen LogP contribution in [0.3, 0.4) is 0 Å². The number of aromatic amines is 1. The lowest BCUT2D eigenvalue weighted by molar-refractivity contribution is -0.264. The van der Waals surface area contributed by atoms with Gasteiger partial charge in [-0.2, -0.15) is 13.2 Å². The third-order valence-corrected chi connectivity index (χ3v) is 6.38. The molecule has 2 nitrogen and oxygen atoms in total. The quantitative estimate of drug-likeness (QED) is 0.526. The Morgan fingerprint density at radius 1 is 1.31 bits per heavy atom. The summed E-state index contributed by atoms with van der Waals surface area (Å²) in [5.74, 6) is 0. The first-order chi connectivity index (χ1) is 11.9. The van der Waals surface area contributed by atoms with Gasteiger partial charge in [-0.05, 0) is 50.5 Å². The van der Waals surface area contributed by atoms with Gasteiger partial charge in [-0.15, -0.1) is 0 Å². The zero-order chi connectivity index (χ0) is 19.5. The number of alkyl halides is 3. The molecular weight excluding hydrogens is 402 g/mol. The first kappa shape index (κ1) is 19.8. The molecule has 1 aromatic heterocycles. The summed E-state index contributed by atoms with van der Waals surface area (Å²) in [6, 6.07) is 1.57. The minimum atomic E-state index is -4.54. The van der Waals surface area contributed by atoms with E-state index in [9.17, 15) is 13.2 Å². The number of aryl methyl sites for hydroxylation is 1. The summed E-state index contributed by atoms with van der Waals surface area (Å²) in [4.78, 5) is 2.97. The molecule has 8 heteroatoms. The van der Waals surface area contributed by atoms with Gasteiger partial charge in [0, 0.05) is 16.5 Å². The molecule has 1 aliphatic rings. The SMILES string of the molecule is C=Cc1c(Cl)c(Cl)cc2[nH]c3c(c12)CCCC3(O[Si](C)(C)C)C(F)(F)F. The molecule has 0 amide bonds. The highest BCUT2D eigenvalue weighted by molar-refractivity contribution is 6.69. The maximum absolute atomic E-state index is 14.3. The van der Waals surface area contributed by atoms with E-state index in [0.29, 0.717) is 39.9 Å². The zero-order valence-electron chi connectivity index (χ0n) is 14.8. The van der Waals surface area contributed by atoms with Crippen molar-refractivity contribution in [2.45, 2.75) is 50.7 Å². The van der Waals surface area contributed by atoms with Crippen LogP contribution < -0.4 is 0 Å². The monoisotopic (exact) mass is 421 g/mol. The summed E-state index contributed by atoms with van der Waals surface area (Å²) in [5, 5.41) is 1.22. The minimum absolute atomic E-state index is 0.0788. The Morgan fingerprint density at radius 2 is 1.96 bits per heavy atom. The van der Waals surface area contributed by atoms with Crippen LogP contribution in [-0.2, 0) is 16.4 Å². The average Bonchev–Trinajstić information content (AvgIpc) is 2.85. The molecular formula is C18H20Cl2F3NOSi. The van der Waals surface area contributed by atoms with Crippen molar-refractivity contribution < 1.29 is 17.6 Å². The summed E-state index contributed by atoms with van der Waals surface area (Å²) in [5.41, 5.74) is -0.585. The van der Waals surface area contributed by atoms with E-state index >= 15 is 0 Å². The normalized spacial score (nSPS) is 21.1. The summed E-state index contributed by atoms with van der Waals surface area (Å²) in [6.45, 7) is 9.05. The van der Waals surface area contributed by atoms with Gasteiger partial charge in [-0.1, -0.05) is 35.9 Å². The maximum Gasteiger partial charge on any atom is 0.422 e. The number of H-pyrrole nitrogens is 1. The molecule has 1 unspecified atom stereocenters. The molecule has 142 valence electrons. The van der Waals surface area contributed by atoms with Crippen molar-refractivity contribution in [2.24, 2.45) is 0 Å². The average molecular weight is 422 g/mol. The van der Waals surface area contributed by atoms with Crippen molar-refractivity contribution in [1.29, 1.82) is 0 Å². The molecule has 0 radical (unpaired) electrons. The third-order valence-electron chi connectivity index (χ3n) is 4.62. The van der Waals surface area contributed by atoms with E-state index in [2.05, 4.69) is 11.6 Å². The smallest absolute Gasteiger partial charge is 0.399 e. The molecule has 1 aromatic carbocycles. The minimum Gasteiger partial charge on any atom is -0.399 e. The Labute approximate surface area is 161 Å². The van der Waals surface area contributed by atoms with Crippen LogP contribution in [0.15, 0.2) is 12.6 Å². The standard InChI is InChI=1S/C18H20Cl2F3NOSi/c1-5-10-14-11-7-6-8-17(18(21,22)23,25-26(2,3)4)16(11)24-13(14)9-12(19)15(10)20/h5,9,24H,1,6-8H2,2-4H3. The highest BCUT2D eigenvalue weighted by atomic mass is 35.5. The van der Waals surface area contributed by atoms with E-state index in [0.717, 1.165) is 0 Å². The van der Waals surface area contributed by atoms with Crippen molar-refractivity contribution in [2.75, 3.05) is 0 Å². The fraction of sp³-hybridized carbons (Fsp3) is 0.444. The van der Waals surface area contributed by atoms with E-state index in [1.165, 1.54) is 6.08 Å². The summed E-state index contributed by atoms with van der Waals surface area (Å²) >= 11 is 12.4. The number of nitrogens with one attached hydrogen (secondary N) is 1. The van der Waals surface area contributed by atoms with Crippen LogP contribution in [0.5, 0.6) is 0 Å². The Balaban J connectivity index is 2.39. The lowest BCUT2D eigenvalue weighted by atomic mass is 9.82. The summed E-state index contributed by atoms with van der Waals surface area (Å²) in [7, 11) is -2.50. The van der Waals surface area contributed by atoms with Crippen LogP contribution in [0.1, 0.15) is 29.7 Å². The van der Waals surface area contributed by atoms with Gasteiger partial charge in [-0.3, -0.25) is 0 Å². The van der Waals surface area contributed by atoms with Crippen molar-refractivity contribution in [1.82, 2.24) is 4.98 Å². The molecule has 0 saturated heterocycles. The first-order valence-corrected chi connectivity index (χ1v) is 12.5. The second-order valence-electron chi connectivity index (χ2n) is 7.58. The third kappa shape index (κ3) is 3.01. The van der Waals surface area contributed by atoms with Crippen LogP contribution in [-0.4, -0.2) is 19.5 Å². The van der Waals surface area contributed by atoms with E-state index < -0.39 is 20.1 Å². The Morgan fingerprint density at radius 3 is 2.50 bits per heavy atom. The molecule has 26 heavy (non-hydrogen) atoms. The molecule has 0 fully saturated rings. The lowest BCUT2D eigenvalue weighted by Gasteiger charge is -2.42. The van der Waals surface area contributed by atoms with Crippen molar-refractivity contribution in [3.63, 3.8) is 0 Å². The van der Waals surface area contributed by atoms with Gasteiger partial charge >= 0.3 is 6.18 Å². The summed E-state index contributed by atoms with van der Waals surface area (Å²) in [6.07, 6.45) is -2.22. The number of hydrogen-bond donors (Lipinski definition) is 1. The van der Waals surface area contributed by atoms with Crippen LogP contribution >= 0.6 is 23.2 Å². The summed E-state index contributed by atoms with van der Waals surface area (Å²) < 4.78 is 48.7. The number of rotatable bonds is 3. The fourth-order valence-electron chi connectivity index (χ4n) is 3.80. The van der Waals surface area contributed by atoms with Crippen LogP contribution in [0.4, 0.5) is 13.2 Å². The van der Waals surface area contributed by atoms with Crippen LogP contribution in [0.25, 0.3) is 17.0 Å². The predicted octanol–water partition coefficient (Wildman–Crippen LogP) is 7.06. The molecule has 2 aromatic rings. The predicted molar refractivity (Wildman–Crippen MR) is 104 cm³/mol. The van der Waals surface area contributed by atoms with Gasteiger partial charge in [-0.25, -0.2) is 0 Å². The van der Waals surface area contributed by atoms with Crippen LogP contribution in [0, 0.1) is 0 Å². The topological polar surface area (TPSA) is 25.0 Å². The number of benzene rings is 1. The van der Waals surface area contributed by atoms with Gasteiger partial charge in [0.1, 0.15) is 0 Å². The molecule has 0 saturated carbocycles.